The Hall–Kier alpha value is -5.11. The molecule has 0 fully saturated rings. The van der Waals surface area contributed by atoms with Crippen molar-refractivity contribution in [3.8, 4) is 22.5 Å². The van der Waals surface area contributed by atoms with Crippen molar-refractivity contribution in [2.75, 3.05) is 20.2 Å². The normalized spacial score (nSPS) is 12.3. The van der Waals surface area contributed by atoms with E-state index in [2.05, 4.69) is 94.5 Å². The van der Waals surface area contributed by atoms with E-state index in [1.807, 2.05) is 47.0 Å². The molecule has 1 unspecified atom stereocenters. The van der Waals surface area contributed by atoms with E-state index >= 15 is 0 Å². The summed E-state index contributed by atoms with van der Waals surface area (Å²) in [6, 6.07) is 15.6. The second kappa shape index (κ2) is 22.4. The number of alkyl carbamates (subject to hydrolysis) is 1. The van der Waals surface area contributed by atoms with E-state index in [1.54, 1.807) is 11.8 Å². The molecule has 0 aliphatic carbocycles. The number of aromatic amines is 2. The van der Waals surface area contributed by atoms with Gasteiger partial charge >= 0.3 is 6.09 Å². The summed E-state index contributed by atoms with van der Waals surface area (Å²) in [6.07, 6.45) is 9.11. The lowest BCUT2D eigenvalue weighted by Crippen LogP contribution is -2.49. The first-order valence-electron chi connectivity index (χ1n) is 19.6. The van der Waals surface area contributed by atoms with Gasteiger partial charge in [0.1, 0.15) is 23.7 Å². The summed E-state index contributed by atoms with van der Waals surface area (Å²) >= 11 is 1.69. The first-order valence-corrected chi connectivity index (χ1v) is 20.4. The van der Waals surface area contributed by atoms with E-state index in [4.69, 9.17) is 0 Å². The highest BCUT2D eigenvalue weighted by molar-refractivity contribution is 7.99. The lowest BCUT2D eigenvalue weighted by atomic mass is 10.0. The quantitative estimate of drug-likeness (QED) is 0.0470. The van der Waals surface area contributed by atoms with Gasteiger partial charge in [0.15, 0.2) is 0 Å². The van der Waals surface area contributed by atoms with Crippen LogP contribution >= 0.6 is 11.8 Å². The van der Waals surface area contributed by atoms with Gasteiger partial charge in [0.2, 0.25) is 17.7 Å². The van der Waals surface area contributed by atoms with Crippen LogP contribution in [0.2, 0.25) is 0 Å². The molecule has 2 aromatic heterocycles. The van der Waals surface area contributed by atoms with Crippen molar-refractivity contribution in [1.29, 1.82) is 0 Å². The van der Waals surface area contributed by atoms with Crippen LogP contribution in [0.3, 0.4) is 0 Å². The molecule has 4 aromatic rings. The molecule has 0 saturated carbocycles. The largest absolute Gasteiger partial charge is 0.453 e. The third-order valence-corrected chi connectivity index (χ3v) is 10.2. The molecule has 56 heavy (non-hydrogen) atoms. The number of imidazole rings is 2. The molecule has 2 atom stereocenters. The van der Waals surface area contributed by atoms with Gasteiger partial charge in [-0.2, -0.15) is 0 Å². The predicted octanol–water partition coefficient (Wildman–Crippen LogP) is 6.82. The fourth-order valence-electron chi connectivity index (χ4n) is 6.04. The molecule has 4 amide bonds. The number of aromatic nitrogens is 4. The van der Waals surface area contributed by atoms with Crippen molar-refractivity contribution in [3.63, 3.8) is 0 Å². The first-order chi connectivity index (χ1) is 27.0. The van der Waals surface area contributed by atoms with Crippen molar-refractivity contribution in [2.24, 2.45) is 11.8 Å². The van der Waals surface area contributed by atoms with Crippen LogP contribution in [0.1, 0.15) is 84.8 Å². The van der Waals surface area contributed by atoms with Crippen LogP contribution in [-0.2, 0) is 32.0 Å². The maximum Gasteiger partial charge on any atom is 0.407 e. The number of nitrogens with zero attached hydrogens (tertiary/aromatic N) is 2. The van der Waals surface area contributed by atoms with Gasteiger partial charge in [0.25, 0.3) is 0 Å². The van der Waals surface area contributed by atoms with Gasteiger partial charge in [-0.1, -0.05) is 70.6 Å². The molecule has 4 rings (SSSR count). The first kappa shape index (κ1) is 43.6. The van der Waals surface area contributed by atoms with Crippen LogP contribution in [0.25, 0.3) is 22.5 Å². The Bertz CT molecular complexity index is 1860. The minimum atomic E-state index is -0.643. The monoisotopic (exact) mass is 786 g/mol. The van der Waals surface area contributed by atoms with Crippen LogP contribution in [0.5, 0.6) is 0 Å². The van der Waals surface area contributed by atoms with Gasteiger partial charge in [-0.15, -0.1) is 0 Å². The number of methoxy groups -OCH3 is 1. The summed E-state index contributed by atoms with van der Waals surface area (Å²) in [5, 5.41) is 11.3. The number of amides is 4. The molecule has 13 nitrogen and oxygen atoms in total. The Morgan fingerprint density at radius 1 is 0.714 bits per heavy atom. The van der Waals surface area contributed by atoms with Crippen molar-refractivity contribution in [1.82, 2.24) is 41.2 Å². The number of unbranched alkanes of at least 4 members (excludes halogenated alkanes) is 2. The highest BCUT2D eigenvalue weighted by atomic mass is 32.2. The molecular weight excluding hydrogens is 729 g/mol. The number of carbonyl (C=O) groups excluding carboxylic acids is 4. The van der Waals surface area contributed by atoms with E-state index in [0.29, 0.717) is 19.5 Å². The highest BCUT2D eigenvalue weighted by Gasteiger charge is 2.25. The molecule has 302 valence electrons. The number of hydrogen-bond donors (Lipinski definition) is 6. The molecule has 0 spiro atoms. The fourth-order valence-corrected chi connectivity index (χ4v) is 6.92. The van der Waals surface area contributed by atoms with Crippen molar-refractivity contribution >= 4 is 35.6 Å². The van der Waals surface area contributed by atoms with E-state index in [9.17, 15) is 19.2 Å². The average molecular weight is 787 g/mol. The third kappa shape index (κ3) is 13.9. The summed E-state index contributed by atoms with van der Waals surface area (Å²) in [5.41, 5.74) is 4.02. The Labute approximate surface area is 334 Å². The van der Waals surface area contributed by atoms with Crippen LogP contribution in [0.15, 0.2) is 70.7 Å². The third-order valence-electron chi connectivity index (χ3n) is 9.23. The summed E-state index contributed by atoms with van der Waals surface area (Å²) < 4.78 is 4.63. The van der Waals surface area contributed by atoms with E-state index < -0.39 is 18.2 Å². The number of ether oxygens (including phenoxy) is 1. The Kier molecular flexibility index (Phi) is 17.5. The minimum Gasteiger partial charge on any atom is -0.453 e. The highest BCUT2D eigenvalue weighted by Crippen LogP contribution is 2.32. The topological polar surface area (TPSA) is 183 Å². The Balaban J connectivity index is 1.19. The number of carbonyl (C=O) groups is 4. The molecule has 0 aliphatic heterocycles. The van der Waals surface area contributed by atoms with Crippen molar-refractivity contribution in [2.45, 2.75) is 108 Å². The number of rotatable bonds is 22. The molecular formula is C42H58N8O5S. The molecule has 2 aromatic carbocycles. The molecule has 6 N–H and O–H groups in total. The fraction of sp³-hybridized carbons (Fsp3) is 0.476. The van der Waals surface area contributed by atoms with E-state index in [-0.39, 0.29) is 29.6 Å². The Morgan fingerprint density at radius 2 is 1.27 bits per heavy atom. The molecule has 2 heterocycles. The van der Waals surface area contributed by atoms with Gasteiger partial charge in [0.05, 0.1) is 30.9 Å². The van der Waals surface area contributed by atoms with E-state index in [1.165, 1.54) is 7.11 Å². The number of aryl methyl sites for hydroxylation is 2. The average Bonchev–Trinajstić information content (AvgIpc) is 3.86. The van der Waals surface area contributed by atoms with Gasteiger partial charge in [0, 0.05) is 47.7 Å². The maximum atomic E-state index is 12.7. The maximum absolute atomic E-state index is 12.7. The summed E-state index contributed by atoms with van der Waals surface area (Å²) in [7, 11) is 1.28. The van der Waals surface area contributed by atoms with E-state index in [0.717, 1.165) is 88.9 Å². The number of hydrogen-bond acceptors (Lipinski definition) is 8. The standard InChI is InChI=1S/C42H58N8O5S/c1-7-13-37(51)49-38(27(2)3)40(52)43-22-10-9-17-36-46-26-34(48-36)30-14-12-15-32(24-30)56-31-20-18-29(19-21-31)33-25-45-35(47-33)16-8-11-23-44-41(53)39(28(4)5)50-42(54)55-6/h12,14-15,18-21,24-28,38-39H,7-11,13,16-17,22-23H2,1-6H3,(H,43,52)(H,44,53)(H,45,47)(H,46,48)(H,49,51)(H,50,54)/t38?,39-/m0/s1. The van der Waals surface area contributed by atoms with Gasteiger partial charge in [-0.25, -0.2) is 14.8 Å². The second-order valence-electron chi connectivity index (χ2n) is 14.5. The molecule has 0 saturated heterocycles. The van der Waals surface area contributed by atoms with Crippen LogP contribution in [0, 0.1) is 11.8 Å². The molecule has 14 heteroatoms. The summed E-state index contributed by atoms with van der Waals surface area (Å²) in [6.45, 7) is 10.6. The smallest absolute Gasteiger partial charge is 0.407 e. The molecule has 0 bridgehead atoms. The van der Waals surface area contributed by atoms with Gasteiger partial charge < -0.3 is 36.0 Å². The molecule has 0 aliphatic rings. The second-order valence-corrected chi connectivity index (χ2v) is 15.7. The van der Waals surface area contributed by atoms with Gasteiger partial charge in [-0.3, -0.25) is 14.4 Å². The molecule has 0 radical (unpaired) electrons. The number of H-pyrrole nitrogens is 2. The SMILES string of the molecule is CCCC(=O)NC(C(=O)NCCCCc1ncc(-c2cccc(Sc3ccc(-c4cnc(CCCCNC(=O)[C@@H](NC(=O)OC)C(C)C)[nH]4)cc3)c2)[nH]1)C(C)C. The Morgan fingerprint density at radius 3 is 1.80 bits per heavy atom. The van der Waals surface area contributed by atoms with Crippen LogP contribution < -0.4 is 21.3 Å². The summed E-state index contributed by atoms with van der Waals surface area (Å²) in [4.78, 5) is 67.1. The van der Waals surface area contributed by atoms with Crippen LogP contribution in [-0.4, -0.2) is 76.0 Å². The van der Waals surface area contributed by atoms with Crippen LogP contribution in [0.4, 0.5) is 4.79 Å². The number of benzene rings is 2. The zero-order chi connectivity index (χ0) is 40.5. The zero-order valence-corrected chi connectivity index (χ0v) is 34.3. The zero-order valence-electron chi connectivity index (χ0n) is 33.5. The minimum absolute atomic E-state index is 0.0141. The number of nitrogens with one attached hydrogen (secondary N) is 6. The van der Waals surface area contributed by atoms with Crippen molar-refractivity contribution < 1.29 is 23.9 Å². The lowest BCUT2D eigenvalue weighted by molar-refractivity contribution is -0.130. The van der Waals surface area contributed by atoms with Crippen molar-refractivity contribution in [3.05, 3.63) is 72.6 Å². The predicted molar refractivity (Wildman–Crippen MR) is 220 cm³/mol. The summed E-state index contributed by atoms with van der Waals surface area (Å²) in [5.74, 6) is 1.31. The van der Waals surface area contributed by atoms with Gasteiger partial charge in [-0.05, 0) is 73.8 Å². The lowest BCUT2D eigenvalue weighted by Gasteiger charge is -2.21.